The van der Waals surface area contributed by atoms with E-state index in [1.165, 1.54) is 11.3 Å². The smallest absolute Gasteiger partial charge is 0.326 e. The molecule has 0 saturated carbocycles. The Bertz CT molecular complexity index is 436. The second kappa shape index (κ2) is 5.18. The lowest BCUT2D eigenvalue weighted by Crippen LogP contribution is -2.48. The number of hydrogen-bond acceptors (Lipinski definition) is 3. The standard InChI is InChI=1S/C11H14BrNO3S/c1-11(2,3)8(10(15)16)13-9(14)7-6(12)4-5-17-7/h4-5,8H,1-3H3,(H,13,14)(H,15,16). The molecule has 17 heavy (non-hydrogen) atoms. The van der Waals surface area contributed by atoms with Gasteiger partial charge in [0.1, 0.15) is 10.9 Å². The summed E-state index contributed by atoms with van der Waals surface area (Å²) < 4.78 is 0.679. The molecule has 1 aromatic rings. The van der Waals surface area contributed by atoms with Gasteiger partial charge in [-0.15, -0.1) is 11.3 Å². The van der Waals surface area contributed by atoms with Crippen molar-refractivity contribution in [2.45, 2.75) is 26.8 Å². The summed E-state index contributed by atoms with van der Waals surface area (Å²) in [6.07, 6.45) is 0. The molecule has 0 bridgehead atoms. The minimum atomic E-state index is -1.03. The summed E-state index contributed by atoms with van der Waals surface area (Å²) in [5.41, 5.74) is -0.536. The van der Waals surface area contributed by atoms with Gasteiger partial charge in [0.15, 0.2) is 0 Å². The third kappa shape index (κ3) is 3.54. The number of amides is 1. The van der Waals surface area contributed by atoms with Crippen molar-refractivity contribution in [2.75, 3.05) is 0 Å². The second-order valence-corrected chi connectivity index (χ2v) is 6.48. The molecule has 1 amide bonds. The average Bonchev–Trinajstić information content (AvgIpc) is 2.58. The van der Waals surface area contributed by atoms with Crippen LogP contribution >= 0.6 is 27.3 Å². The van der Waals surface area contributed by atoms with E-state index in [1.807, 2.05) is 0 Å². The van der Waals surface area contributed by atoms with Crippen LogP contribution in [0.4, 0.5) is 0 Å². The van der Waals surface area contributed by atoms with Gasteiger partial charge in [0.25, 0.3) is 5.91 Å². The van der Waals surface area contributed by atoms with Crippen LogP contribution in [0.25, 0.3) is 0 Å². The number of carbonyl (C=O) groups is 2. The van der Waals surface area contributed by atoms with Gasteiger partial charge in [-0.2, -0.15) is 0 Å². The van der Waals surface area contributed by atoms with E-state index < -0.39 is 17.4 Å². The molecule has 0 saturated heterocycles. The molecule has 0 aliphatic rings. The second-order valence-electron chi connectivity index (χ2n) is 4.71. The van der Waals surface area contributed by atoms with Crippen LogP contribution in [0.5, 0.6) is 0 Å². The van der Waals surface area contributed by atoms with Crippen molar-refractivity contribution in [1.29, 1.82) is 0 Å². The summed E-state index contributed by atoms with van der Waals surface area (Å²) in [5.74, 6) is -1.40. The number of halogens is 1. The van der Waals surface area contributed by atoms with Crippen molar-refractivity contribution in [2.24, 2.45) is 5.41 Å². The first kappa shape index (κ1) is 14.2. The Morgan fingerprint density at radius 3 is 2.41 bits per heavy atom. The number of nitrogens with one attached hydrogen (secondary N) is 1. The summed E-state index contributed by atoms with van der Waals surface area (Å²) in [4.78, 5) is 23.5. The molecule has 0 spiro atoms. The van der Waals surface area contributed by atoms with Crippen molar-refractivity contribution in [3.63, 3.8) is 0 Å². The lowest BCUT2D eigenvalue weighted by Gasteiger charge is -2.27. The summed E-state index contributed by atoms with van der Waals surface area (Å²) >= 11 is 4.52. The monoisotopic (exact) mass is 319 g/mol. The van der Waals surface area contributed by atoms with Crippen molar-refractivity contribution < 1.29 is 14.7 Å². The van der Waals surface area contributed by atoms with Crippen LogP contribution in [-0.2, 0) is 4.79 Å². The van der Waals surface area contributed by atoms with E-state index in [-0.39, 0.29) is 5.91 Å². The van der Waals surface area contributed by atoms with E-state index >= 15 is 0 Å². The molecule has 1 rings (SSSR count). The van der Waals surface area contributed by atoms with Crippen LogP contribution in [0.3, 0.4) is 0 Å². The van der Waals surface area contributed by atoms with Crippen LogP contribution in [0, 0.1) is 5.41 Å². The summed E-state index contributed by atoms with van der Waals surface area (Å²) in [6, 6.07) is 0.843. The third-order valence-electron chi connectivity index (χ3n) is 2.21. The van der Waals surface area contributed by atoms with Gasteiger partial charge >= 0.3 is 5.97 Å². The van der Waals surface area contributed by atoms with Crippen LogP contribution < -0.4 is 5.32 Å². The van der Waals surface area contributed by atoms with E-state index in [2.05, 4.69) is 21.2 Å². The minimum absolute atomic E-state index is 0.366. The Morgan fingerprint density at radius 1 is 1.47 bits per heavy atom. The lowest BCUT2D eigenvalue weighted by molar-refractivity contribution is -0.142. The first-order valence-corrected chi connectivity index (χ1v) is 6.67. The molecule has 1 atom stereocenters. The van der Waals surface area contributed by atoms with Gasteiger partial charge < -0.3 is 10.4 Å². The largest absolute Gasteiger partial charge is 0.480 e. The number of aliphatic carboxylic acids is 1. The molecule has 1 aromatic heterocycles. The predicted octanol–water partition coefficient (Wildman–Crippen LogP) is 2.74. The van der Waals surface area contributed by atoms with Gasteiger partial charge in [0.2, 0.25) is 0 Å². The molecule has 4 nitrogen and oxygen atoms in total. The normalized spacial score (nSPS) is 13.2. The maximum Gasteiger partial charge on any atom is 0.326 e. The lowest BCUT2D eigenvalue weighted by atomic mass is 9.87. The molecule has 1 unspecified atom stereocenters. The maximum atomic E-state index is 11.9. The quantitative estimate of drug-likeness (QED) is 0.900. The maximum absolute atomic E-state index is 11.9. The minimum Gasteiger partial charge on any atom is -0.480 e. The van der Waals surface area contributed by atoms with Gasteiger partial charge in [0.05, 0.1) is 0 Å². The van der Waals surface area contributed by atoms with Crippen LogP contribution in [-0.4, -0.2) is 23.0 Å². The highest BCUT2D eigenvalue weighted by Crippen LogP contribution is 2.24. The van der Waals surface area contributed by atoms with E-state index in [4.69, 9.17) is 5.11 Å². The Kier molecular flexibility index (Phi) is 4.32. The molecule has 1 heterocycles. The number of carbonyl (C=O) groups excluding carboxylic acids is 1. The molecule has 2 N–H and O–H groups in total. The topological polar surface area (TPSA) is 66.4 Å². The van der Waals surface area contributed by atoms with E-state index in [0.717, 1.165) is 0 Å². The first-order valence-electron chi connectivity index (χ1n) is 5.00. The molecule has 0 aliphatic heterocycles. The fraction of sp³-hybridized carbons (Fsp3) is 0.455. The molecular formula is C11H14BrNO3S. The summed E-state index contributed by atoms with van der Waals surface area (Å²) in [5, 5.41) is 13.4. The zero-order chi connectivity index (χ0) is 13.2. The van der Waals surface area contributed by atoms with Gasteiger partial charge in [-0.1, -0.05) is 20.8 Å². The Balaban J connectivity index is 2.86. The molecule has 6 heteroatoms. The van der Waals surface area contributed by atoms with Crippen molar-refractivity contribution >= 4 is 39.1 Å². The molecule has 94 valence electrons. The number of hydrogen-bond donors (Lipinski definition) is 2. The van der Waals surface area contributed by atoms with Gasteiger partial charge in [-0.25, -0.2) is 4.79 Å². The number of carboxylic acid groups (broad SMARTS) is 1. The van der Waals surface area contributed by atoms with E-state index in [0.29, 0.717) is 9.35 Å². The van der Waals surface area contributed by atoms with Crippen LogP contribution in [0.1, 0.15) is 30.4 Å². The molecule has 0 fully saturated rings. The molecule has 0 aliphatic carbocycles. The highest BCUT2D eigenvalue weighted by Gasteiger charge is 2.33. The SMILES string of the molecule is CC(C)(C)C(NC(=O)c1sccc1Br)C(=O)O. The van der Waals surface area contributed by atoms with Crippen molar-refractivity contribution in [1.82, 2.24) is 5.32 Å². The van der Waals surface area contributed by atoms with Gasteiger partial charge in [-0.05, 0) is 32.8 Å². The highest BCUT2D eigenvalue weighted by molar-refractivity contribution is 9.10. The summed E-state index contributed by atoms with van der Waals surface area (Å²) in [6.45, 7) is 5.32. The van der Waals surface area contributed by atoms with Crippen molar-refractivity contribution in [3.8, 4) is 0 Å². The van der Waals surface area contributed by atoms with Gasteiger partial charge in [-0.3, -0.25) is 4.79 Å². The number of rotatable bonds is 3. The fourth-order valence-electron chi connectivity index (χ4n) is 1.30. The zero-order valence-corrected chi connectivity index (χ0v) is 12.2. The zero-order valence-electron chi connectivity index (χ0n) is 9.78. The Hall–Kier alpha value is -0.880. The molecular weight excluding hydrogens is 306 g/mol. The fourth-order valence-corrected chi connectivity index (χ4v) is 2.76. The molecule has 0 radical (unpaired) electrons. The number of thiophene rings is 1. The average molecular weight is 320 g/mol. The summed E-state index contributed by atoms with van der Waals surface area (Å²) in [7, 11) is 0. The van der Waals surface area contributed by atoms with Crippen LogP contribution in [0.2, 0.25) is 0 Å². The van der Waals surface area contributed by atoms with E-state index in [1.54, 1.807) is 32.2 Å². The molecule has 0 aromatic carbocycles. The highest BCUT2D eigenvalue weighted by atomic mass is 79.9. The Labute approximate surface area is 112 Å². The Morgan fingerprint density at radius 2 is 2.06 bits per heavy atom. The van der Waals surface area contributed by atoms with Crippen LogP contribution in [0.15, 0.2) is 15.9 Å². The first-order chi connectivity index (χ1) is 7.73. The third-order valence-corrected chi connectivity index (χ3v) is 4.05. The number of carboxylic acids is 1. The van der Waals surface area contributed by atoms with Gasteiger partial charge in [0, 0.05) is 4.47 Å². The predicted molar refractivity (Wildman–Crippen MR) is 70.4 cm³/mol. The van der Waals surface area contributed by atoms with E-state index in [9.17, 15) is 9.59 Å². The van der Waals surface area contributed by atoms with Crippen molar-refractivity contribution in [3.05, 3.63) is 20.8 Å².